The molecule has 0 aliphatic heterocycles. The second-order valence-electron chi connectivity index (χ2n) is 9.87. The Bertz CT molecular complexity index is 1140. The fourth-order valence-corrected chi connectivity index (χ4v) is 4.80. The first-order valence-corrected chi connectivity index (χ1v) is 13.9. The number of H-pyrrole nitrogens is 1. The zero-order chi connectivity index (χ0) is 26.8. The second kappa shape index (κ2) is 14.0. The summed E-state index contributed by atoms with van der Waals surface area (Å²) >= 11 is 0. The Balaban J connectivity index is 1.80. The lowest BCUT2D eigenvalue weighted by Crippen LogP contribution is -2.40. The van der Waals surface area contributed by atoms with Crippen molar-refractivity contribution < 1.29 is 4.79 Å². The Kier molecular flexibility index (Phi) is 10.8. The van der Waals surface area contributed by atoms with Crippen LogP contribution >= 0.6 is 0 Å². The minimum atomic E-state index is 0.0410. The maximum atomic E-state index is 13.2. The molecule has 2 N–H and O–H groups in total. The predicted molar refractivity (Wildman–Crippen MR) is 157 cm³/mol. The molecule has 0 radical (unpaired) electrons. The third kappa shape index (κ3) is 7.93. The average Bonchev–Trinajstić information content (AvgIpc) is 3.35. The summed E-state index contributed by atoms with van der Waals surface area (Å²) in [5, 5.41) is 4.32. The standard InChI is InChI=1S/C31H45N5O/c1-7-25-15-16-29(26(8-2)19-25)36(21-23(5)28-20-27-14-11-17-32-31(27)34-28)22-30(37)33-24(6)13-12-18-35(9-3)10-4/h11,14-17,19-21,24H,7-10,12-13,18,22H2,1-6H3,(H,32,34)(H,33,37)/b23-21+. The highest BCUT2D eigenvalue weighted by atomic mass is 16.2. The third-order valence-corrected chi connectivity index (χ3v) is 7.14. The summed E-state index contributed by atoms with van der Waals surface area (Å²) in [6.07, 6.45) is 7.85. The summed E-state index contributed by atoms with van der Waals surface area (Å²) in [4.78, 5) is 25.6. The van der Waals surface area contributed by atoms with E-state index in [9.17, 15) is 4.79 Å². The van der Waals surface area contributed by atoms with Gasteiger partial charge in [-0.1, -0.05) is 39.8 Å². The van der Waals surface area contributed by atoms with E-state index < -0.39 is 0 Å². The number of aryl methyl sites for hydroxylation is 2. The average molecular weight is 504 g/mol. The van der Waals surface area contributed by atoms with Gasteiger partial charge >= 0.3 is 0 Å². The van der Waals surface area contributed by atoms with Crippen LogP contribution in [0.3, 0.4) is 0 Å². The molecule has 1 unspecified atom stereocenters. The third-order valence-electron chi connectivity index (χ3n) is 7.14. The molecule has 0 fully saturated rings. The van der Waals surface area contributed by atoms with Gasteiger partial charge in [-0.2, -0.15) is 0 Å². The summed E-state index contributed by atoms with van der Waals surface area (Å²) in [5.74, 6) is 0.0410. The molecule has 0 saturated carbocycles. The Morgan fingerprint density at radius 2 is 1.89 bits per heavy atom. The normalized spacial score (nSPS) is 12.8. The molecule has 1 atom stereocenters. The molecule has 0 bridgehead atoms. The van der Waals surface area contributed by atoms with Crippen LogP contribution in [0.2, 0.25) is 0 Å². The van der Waals surface area contributed by atoms with Crippen molar-refractivity contribution in [2.24, 2.45) is 0 Å². The van der Waals surface area contributed by atoms with E-state index in [2.05, 4.69) is 103 Å². The van der Waals surface area contributed by atoms with E-state index in [-0.39, 0.29) is 18.5 Å². The van der Waals surface area contributed by atoms with Crippen molar-refractivity contribution in [3.8, 4) is 0 Å². The fourth-order valence-electron chi connectivity index (χ4n) is 4.80. The highest BCUT2D eigenvalue weighted by molar-refractivity contribution is 5.85. The number of allylic oxidation sites excluding steroid dienone is 1. The number of nitrogens with zero attached hydrogens (tertiary/aromatic N) is 3. The minimum Gasteiger partial charge on any atom is -0.352 e. The van der Waals surface area contributed by atoms with Crippen molar-refractivity contribution >= 4 is 28.2 Å². The van der Waals surface area contributed by atoms with Crippen molar-refractivity contribution in [1.29, 1.82) is 0 Å². The van der Waals surface area contributed by atoms with E-state index >= 15 is 0 Å². The number of hydrogen-bond acceptors (Lipinski definition) is 4. The molecule has 3 aromatic rings. The second-order valence-corrected chi connectivity index (χ2v) is 9.87. The largest absolute Gasteiger partial charge is 0.352 e. The Labute approximate surface area is 223 Å². The lowest BCUT2D eigenvalue weighted by molar-refractivity contribution is -0.120. The first kappa shape index (κ1) is 28.5. The summed E-state index contributed by atoms with van der Waals surface area (Å²) in [7, 11) is 0. The molecule has 2 heterocycles. The van der Waals surface area contributed by atoms with Crippen molar-refractivity contribution in [3.05, 3.63) is 65.6 Å². The van der Waals surface area contributed by atoms with Gasteiger partial charge in [0.15, 0.2) is 0 Å². The molecule has 6 nitrogen and oxygen atoms in total. The van der Waals surface area contributed by atoms with E-state index in [0.29, 0.717) is 0 Å². The number of pyridine rings is 1. The smallest absolute Gasteiger partial charge is 0.240 e. The topological polar surface area (TPSA) is 64.3 Å². The van der Waals surface area contributed by atoms with E-state index in [1.54, 1.807) is 6.20 Å². The molecule has 0 saturated heterocycles. The van der Waals surface area contributed by atoms with E-state index in [1.807, 2.05) is 6.07 Å². The molecule has 37 heavy (non-hydrogen) atoms. The van der Waals surface area contributed by atoms with Crippen LogP contribution in [-0.4, -0.2) is 53.0 Å². The molecule has 1 amide bonds. The van der Waals surface area contributed by atoms with Gasteiger partial charge in [-0.15, -0.1) is 0 Å². The molecule has 1 aromatic carbocycles. The van der Waals surface area contributed by atoms with E-state index in [4.69, 9.17) is 0 Å². The number of carbonyl (C=O) groups is 1. The van der Waals surface area contributed by atoms with Crippen LogP contribution in [0.15, 0.2) is 48.8 Å². The minimum absolute atomic E-state index is 0.0410. The Morgan fingerprint density at radius 1 is 1.11 bits per heavy atom. The number of aromatic amines is 1. The molecule has 0 spiro atoms. The quantitative estimate of drug-likeness (QED) is 0.276. The summed E-state index contributed by atoms with van der Waals surface area (Å²) in [6.45, 7) is 16.4. The number of nitrogens with one attached hydrogen (secondary N) is 2. The molecule has 3 rings (SSSR count). The molecule has 0 aliphatic rings. The lowest BCUT2D eigenvalue weighted by atomic mass is 10.0. The predicted octanol–water partition coefficient (Wildman–Crippen LogP) is 6.18. The fraction of sp³-hybridized carbons (Fsp3) is 0.484. The van der Waals surface area contributed by atoms with Crippen LogP contribution in [0.4, 0.5) is 5.69 Å². The SMILES string of the molecule is CCc1ccc(N(/C=C(\C)c2cc3cccnc3[nH]2)CC(=O)NC(C)CCCN(CC)CC)c(CC)c1. The number of amides is 1. The first-order valence-electron chi connectivity index (χ1n) is 13.9. The maximum absolute atomic E-state index is 13.2. The molecule has 2 aromatic heterocycles. The monoisotopic (exact) mass is 503 g/mol. The Morgan fingerprint density at radius 3 is 2.57 bits per heavy atom. The number of aromatic nitrogens is 2. The van der Waals surface area contributed by atoms with E-state index in [1.165, 1.54) is 11.1 Å². The Hall–Kier alpha value is -3.12. The van der Waals surface area contributed by atoms with Crippen LogP contribution in [0.5, 0.6) is 0 Å². The van der Waals surface area contributed by atoms with Crippen LogP contribution in [0.25, 0.3) is 16.6 Å². The van der Waals surface area contributed by atoms with Gasteiger partial charge in [0.2, 0.25) is 5.91 Å². The van der Waals surface area contributed by atoms with Crippen molar-refractivity contribution in [2.45, 2.75) is 73.3 Å². The maximum Gasteiger partial charge on any atom is 0.240 e. The van der Waals surface area contributed by atoms with Crippen LogP contribution in [-0.2, 0) is 17.6 Å². The van der Waals surface area contributed by atoms with Crippen LogP contribution in [0, 0.1) is 0 Å². The summed E-state index contributed by atoms with van der Waals surface area (Å²) in [5.41, 5.74) is 6.58. The van der Waals surface area contributed by atoms with Gasteiger partial charge in [0, 0.05) is 35.2 Å². The van der Waals surface area contributed by atoms with Gasteiger partial charge in [0.25, 0.3) is 0 Å². The summed E-state index contributed by atoms with van der Waals surface area (Å²) in [6, 6.07) is 12.9. The van der Waals surface area contributed by atoms with Gasteiger partial charge in [-0.3, -0.25) is 4.79 Å². The number of carbonyl (C=O) groups excluding carboxylic acids is 1. The van der Waals surface area contributed by atoms with E-state index in [0.717, 1.165) is 73.3 Å². The van der Waals surface area contributed by atoms with Gasteiger partial charge in [0.05, 0.1) is 0 Å². The molecular formula is C31H45N5O. The van der Waals surface area contributed by atoms with Gasteiger partial charge in [-0.05, 0) is 100 Å². The zero-order valence-electron chi connectivity index (χ0n) is 23.6. The number of hydrogen-bond donors (Lipinski definition) is 2. The first-order chi connectivity index (χ1) is 17.9. The number of rotatable bonds is 14. The molecule has 6 heteroatoms. The number of benzene rings is 1. The molecular weight excluding hydrogens is 458 g/mol. The summed E-state index contributed by atoms with van der Waals surface area (Å²) < 4.78 is 0. The highest BCUT2D eigenvalue weighted by Gasteiger charge is 2.16. The van der Waals surface area contributed by atoms with Gasteiger partial charge in [0.1, 0.15) is 12.2 Å². The van der Waals surface area contributed by atoms with Crippen molar-refractivity contribution in [3.63, 3.8) is 0 Å². The van der Waals surface area contributed by atoms with Gasteiger partial charge < -0.3 is 20.1 Å². The highest BCUT2D eigenvalue weighted by Crippen LogP contribution is 2.26. The van der Waals surface area contributed by atoms with Gasteiger partial charge in [-0.25, -0.2) is 4.98 Å². The van der Waals surface area contributed by atoms with Crippen LogP contribution < -0.4 is 10.2 Å². The number of anilines is 1. The van der Waals surface area contributed by atoms with Crippen molar-refractivity contribution in [1.82, 2.24) is 20.2 Å². The van der Waals surface area contributed by atoms with Crippen LogP contribution in [0.1, 0.15) is 71.2 Å². The lowest BCUT2D eigenvalue weighted by Gasteiger charge is -2.25. The van der Waals surface area contributed by atoms with Crippen molar-refractivity contribution in [2.75, 3.05) is 31.1 Å². The zero-order valence-corrected chi connectivity index (χ0v) is 23.6. The number of fused-ring (bicyclic) bond motifs is 1. The molecule has 0 aliphatic carbocycles. The molecule has 200 valence electrons.